The summed E-state index contributed by atoms with van der Waals surface area (Å²) in [5, 5.41) is 31.3. The van der Waals surface area contributed by atoms with Crippen molar-refractivity contribution in [2.24, 2.45) is 4.99 Å². The van der Waals surface area contributed by atoms with E-state index < -0.39 is 6.04 Å². The van der Waals surface area contributed by atoms with Crippen molar-refractivity contribution in [1.29, 1.82) is 10.5 Å². The average Bonchev–Trinajstić information content (AvgIpc) is 3.50. The predicted octanol–water partition coefficient (Wildman–Crippen LogP) is 9.80. The Morgan fingerprint density at radius 2 is 1.26 bits per heavy atom. The first kappa shape index (κ1) is 26.7. The van der Waals surface area contributed by atoms with Crippen molar-refractivity contribution in [3.8, 4) is 17.8 Å². The molecule has 5 heteroatoms. The van der Waals surface area contributed by atoms with Gasteiger partial charge in [0, 0.05) is 33.0 Å². The summed E-state index contributed by atoms with van der Waals surface area (Å²) in [6, 6.07) is 51.6. The average molecular weight is 600 g/mol. The van der Waals surface area contributed by atoms with Crippen molar-refractivity contribution in [3.63, 3.8) is 0 Å². The number of fused-ring (bicyclic) bond motifs is 9. The minimum atomic E-state index is -0.471. The van der Waals surface area contributed by atoms with E-state index in [1.54, 1.807) is 0 Å². The van der Waals surface area contributed by atoms with E-state index in [-0.39, 0.29) is 0 Å². The summed E-state index contributed by atoms with van der Waals surface area (Å²) in [5.74, 6) is 0.724. The SMILES string of the molecule is N#Cc1cc(C2N=C(c3ccccc3)Nc3cccc(C#N)c32)ccc1-n1c2ccccc2c2c3ccccc3c3ccccc3c21. The summed E-state index contributed by atoms with van der Waals surface area (Å²) in [7, 11) is 0. The Bertz CT molecular complexity index is 2690. The first-order chi connectivity index (χ1) is 23.2. The molecular weight excluding hydrogens is 574 g/mol. The van der Waals surface area contributed by atoms with Crippen molar-refractivity contribution in [2.45, 2.75) is 6.04 Å². The van der Waals surface area contributed by atoms with E-state index in [2.05, 4.69) is 101 Å². The molecule has 1 aromatic heterocycles. The van der Waals surface area contributed by atoms with Crippen molar-refractivity contribution < 1.29 is 0 Å². The standard InChI is InChI=1S/C42H25N5/c43-24-28-13-10-19-35-38(28)40(46-42(45-35)26-11-2-1-3-12-26)27-21-22-36(29(23-27)25-44)47-37-20-9-8-18-34(37)39-32-16-6-4-14-30(32)31-15-5-7-17-33(31)41(39)47/h1-23,40H,(H,45,46). The van der Waals surface area contributed by atoms with Crippen molar-refractivity contribution in [3.05, 3.63) is 167 Å². The molecule has 1 unspecified atom stereocenters. The van der Waals surface area contributed by atoms with E-state index in [1.165, 1.54) is 21.5 Å². The first-order valence-corrected chi connectivity index (χ1v) is 15.6. The van der Waals surface area contributed by atoms with E-state index in [4.69, 9.17) is 4.99 Å². The van der Waals surface area contributed by atoms with Crippen LogP contribution in [0.4, 0.5) is 5.69 Å². The van der Waals surface area contributed by atoms with Gasteiger partial charge in [-0.05, 0) is 52.1 Å². The number of hydrogen-bond acceptors (Lipinski definition) is 4. The number of nitriles is 2. The van der Waals surface area contributed by atoms with Gasteiger partial charge in [0.1, 0.15) is 17.9 Å². The monoisotopic (exact) mass is 599 g/mol. The smallest absolute Gasteiger partial charge is 0.133 e. The van der Waals surface area contributed by atoms with Gasteiger partial charge in [-0.3, -0.25) is 4.99 Å². The molecule has 0 fully saturated rings. The number of benzene rings is 7. The van der Waals surface area contributed by atoms with Gasteiger partial charge in [0.05, 0.1) is 33.9 Å². The summed E-state index contributed by atoms with van der Waals surface area (Å²) in [5.41, 5.74) is 7.45. The second-order valence-corrected chi connectivity index (χ2v) is 11.8. The van der Waals surface area contributed by atoms with E-state index in [1.807, 2.05) is 60.7 Å². The molecule has 218 valence electrons. The van der Waals surface area contributed by atoms with Crippen LogP contribution < -0.4 is 5.32 Å². The van der Waals surface area contributed by atoms with Crippen LogP contribution in [-0.2, 0) is 0 Å². The van der Waals surface area contributed by atoms with Crippen LogP contribution in [0.5, 0.6) is 0 Å². The van der Waals surface area contributed by atoms with Gasteiger partial charge in [-0.2, -0.15) is 10.5 Å². The zero-order chi connectivity index (χ0) is 31.5. The molecule has 0 saturated heterocycles. The van der Waals surface area contributed by atoms with Crippen LogP contribution in [0.15, 0.2) is 145 Å². The Kier molecular flexibility index (Phi) is 5.93. The van der Waals surface area contributed by atoms with Crippen LogP contribution in [0.1, 0.15) is 33.9 Å². The Balaban J connectivity index is 1.32. The molecule has 1 atom stereocenters. The summed E-state index contributed by atoms with van der Waals surface area (Å²) in [6.07, 6.45) is 0. The highest BCUT2D eigenvalue weighted by atomic mass is 15.1. The van der Waals surface area contributed by atoms with Gasteiger partial charge in [-0.1, -0.05) is 109 Å². The first-order valence-electron chi connectivity index (χ1n) is 15.6. The van der Waals surface area contributed by atoms with E-state index in [0.29, 0.717) is 11.1 Å². The molecule has 1 N–H and O–H groups in total. The lowest BCUT2D eigenvalue weighted by Gasteiger charge is -2.27. The number of nitrogens with one attached hydrogen (secondary N) is 1. The quantitative estimate of drug-likeness (QED) is 0.205. The Labute approximate surface area is 270 Å². The van der Waals surface area contributed by atoms with Gasteiger partial charge in [-0.15, -0.1) is 0 Å². The topological polar surface area (TPSA) is 76.9 Å². The van der Waals surface area contributed by atoms with Crippen molar-refractivity contribution >= 4 is 54.9 Å². The fraction of sp³-hybridized carbons (Fsp3) is 0.0238. The molecule has 0 bridgehead atoms. The van der Waals surface area contributed by atoms with Gasteiger partial charge < -0.3 is 9.88 Å². The number of rotatable bonds is 3. The second kappa shape index (κ2) is 10.4. The van der Waals surface area contributed by atoms with Crippen LogP contribution in [0.25, 0.3) is 49.0 Å². The third-order valence-electron chi connectivity index (χ3n) is 9.30. The zero-order valence-electron chi connectivity index (χ0n) is 25.1. The second-order valence-electron chi connectivity index (χ2n) is 11.8. The highest BCUT2D eigenvalue weighted by molar-refractivity contribution is 6.32. The summed E-state index contributed by atoms with van der Waals surface area (Å²) in [6.45, 7) is 0. The molecule has 0 saturated carbocycles. The van der Waals surface area contributed by atoms with Crippen LogP contribution in [0, 0.1) is 22.7 Å². The minimum absolute atomic E-state index is 0.471. The molecule has 5 nitrogen and oxygen atoms in total. The lowest BCUT2D eigenvalue weighted by atomic mass is 9.90. The Morgan fingerprint density at radius 3 is 2.02 bits per heavy atom. The summed E-state index contributed by atoms with van der Waals surface area (Å²) >= 11 is 0. The molecule has 9 rings (SSSR count). The van der Waals surface area contributed by atoms with Gasteiger partial charge >= 0.3 is 0 Å². The van der Waals surface area contributed by atoms with E-state index in [9.17, 15) is 10.5 Å². The predicted molar refractivity (Wildman–Crippen MR) is 190 cm³/mol. The van der Waals surface area contributed by atoms with E-state index in [0.717, 1.165) is 55.7 Å². The maximum absolute atomic E-state index is 10.7. The summed E-state index contributed by atoms with van der Waals surface area (Å²) < 4.78 is 2.25. The number of anilines is 1. The lowest BCUT2D eigenvalue weighted by Crippen LogP contribution is -2.23. The van der Waals surface area contributed by atoms with Gasteiger partial charge in [0.25, 0.3) is 0 Å². The fourth-order valence-corrected chi connectivity index (χ4v) is 7.29. The van der Waals surface area contributed by atoms with Crippen molar-refractivity contribution in [2.75, 3.05) is 5.32 Å². The number of nitrogens with zero attached hydrogens (tertiary/aromatic N) is 4. The van der Waals surface area contributed by atoms with Gasteiger partial charge in [0.15, 0.2) is 0 Å². The van der Waals surface area contributed by atoms with E-state index >= 15 is 0 Å². The Hall–Kier alpha value is -6.69. The molecule has 0 aliphatic carbocycles. The number of aromatic nitrogens is 1. The molecule has 0 radical (unpaired) electrons. The van der Waals surface area contributed by atoms with Gasteiger partial charge in [0.2, 0.25) is 0 Å². The van der Waals surface area contributed by atoms with Crippen LogP contribution >= 0.6 is 0 Å². The van der Waals surface area contributed by atoms with Gasteiger partial charge in [-0.25, -0.2) is 0 Å². The summed E-state index contributed by atoms with van der Waals surface area (Å²) in [4.78, 5) is 5.15. The lowest BCUT2D eigenvalue weighted by molar-refractivity contribution is 0.858. The molecule has 2 heterocycles. The highest BCUT2D eigenvalue weighted by Crippen LogP contribution is 2.44. The van der Waals surface area contributed by atoms with Crippen LogP contribution in [0.2, 0.25) is 0 Å². The third-order valence-corrected chi connectivity index (χ3v) is 9.30. The van der Waals surface area contributed by atoms with Crippen LogP contribution in [0.3, 0.4) is 0 Å². The highest BCUT2D eigenvalue weighted by Gasteiger charge is 2.28. The number of para-hydroxylation sites is 1. The normalized spacial score (nSPS) is 14.0. The molecular formula is C42H25N5. The molecule has 0 spiro atoms. The molecule has 1 aliphatic heterocycles. The maximum Gasteiger partial charge on any atom is 0.133 e. The van der Waals surface area contributed by atoms with Crippen molar-refractivity contribution in [1.82, 2.24) is 4.57 Å². The molecule has 0 amide bonds. The Morgan fingerprint density at radius 1 is 0.596 bits per heavy atom. The maximum atomic E-state index is 10.7. The number of aliphatic imine (C=N–C) groups is 1. The zero-order valence-corrected chi connectivity index (χ0v) is 25.1. The molecule has 1 aliphatic rings. The third kappa shape index (κ3) is 3.98. The number of amidine groups is 1. The fourth-order valence-electron chi connectivity index (χ4n) is 7.29. The molecule has 47 heavy (non-hydrogen) atoms. The minimum Gasteiger partial charge on any atom is -0.340 e. The molecule has 8 aromatic rings. The number of hydrogen-bond donors (Lipinski definition) is 1. The largest absolute Gasteiger partial charge is 0.340 e. The van der Waals surface area contributed by atoms with Crippen LogP contribution in [-0.4, -0.2) is 10.4 Å². The molecule has 7 aromatic carbocycles.